The second kappa shape index (κ2) is 6.43. The van der Waals surface area contributed by atoms with Gasteiger partial charge in [0.15, 0.2) is 0 Å². The Morgan fingerprint density at radius 3 is 2.42 bits per heavy atom. The van der Waals surface area contributed by atoms with Gasteiger partial charge in [0, 0.05) is 36.4 Å². The minimum Gasteiger partial charge on any atom is -0.388 e. The van der Waals surface area contributed by atoms with Gasteiger partial charge in [-0.05, 0) is 17.7 Å². The molecule has 0 bridgehead atoms. The number of benzene rings is 2. The molecule has 0 saturated carbocycles. The van der Waals surface area contributed by atoms with Crippen LogP contribution in [0.15, 0.2) is 54.7 Å². The summed E-state index contributed by atoms with van der Waals surface area (Å²) in [6, 6.07) is 14.2. The fourth-order valence-electron chi connectivity index (χ4n) is 2.96. The number of nitrogens with zero attached hydrogens (tertiary/aromatic N) is 1. The average Bonchev–Trinajstić information content (AvgIpc) is 2.99. The quantitative estimate of drug-likeness (QED) is 0.689. The van der Waals surface area contributed by atoms with Crippen LogP contribution in [0.4, 0.5) is 18.9 Å². The normalized spacial score (nSPS) is 14.0. The molecule has 3 nitrogen and oxygen atoms in total. The fraction of sp³-hybridized carbons (Fsp3) is 0.200. The van der Waals surface area contributed by atoms with Crippen LogP contribution in [0.5, 0.6) is 0 Å². The van der Waals surface area contributed by atoms with Crippen LogP contribution in [0.25, 0.3) is 10.9 Å². The van der Waals surface area contributed by atoms with E-state index in [2.05, 4.69) is 5.32 Å². The molecule has 0 spiro atoms. The van der Waals surface area contributed by atoms with Crippen molar-refractivity contribution in [2.24, 2.45) is 0 Å². The molecule has 6 heteroatoms. The molecule has 0 fully saturated rings. The van der Waals surface area contributed by atoms with Crippen molar-refractivity contribution in [1.29, 1.82) is 0 Å². The monoisotopic (exact) mass is 358 g/mol. The molecule has 1 atom stereocenters. The molecule has 1 unspecified atom stereocenters. The minimum absolute atomic E-state index is 0.262. The summed E-state index contributed by atoms with van der Waals surface area (Å²) in [4.78, 5) is 0. The lowest BCUT2D eigenvalue weighted by molar-refractivity contribution is -0.240. The van der Waals surface area contributed by atoms with Gasteiger partial charge in [0.1, 0.15) is 0 Å². The average molecular weight is 358 g/mol. The summed E-state index contributed by atoms with van der Waals surface area (Å²) in [7, 11) is 1.72. The van der Waals surface area contributed by atoms with E-state index in [9.17, 15) is 18.3 Å². The topological polar surface area (TPSA) is 37.2 Å². The highest BCUT2D eigenvalue weighted by molar-refractivity contribution is 5.88. The van der Waals surface area contributed by atoms with Crippen LogP contribution >= 0.6 is 0 Å². The second-order valence-electron chi connectivity index (χ2n) is 5.99. The minimum atomic E-state index is -4.99. The Hall–Kier alpha value is -2.91. The summed E-state index contributed by atoms with van der Waals surface area (Å²) in [5.74, 6) is 1.53. The van der Waals surface area contributed by atoms with Crippen LogP contribution < -0.4 is 5.32 Å². The number of rotatable bonds is 4. The zero-order valence-electron chi connectivity index (χ0n) is 14.0. The van der Waals surface area contributed by atoms with E-state index in [4.69, 9.17) is 6.42 Å². The Balaban J connectivity index is 2.24. The highest BCUT2D eigenvalue weighted by Crippen LogP contribution is 2.42. The van der Waals surface area contributed by atoms with E-state index in [1.807, 2.05) is 30.3 Å². The summed E-state index contributed by atoms with van der Waals surface area (Å²) in [5, 5.41) is 13.5. The molecule has 0 saturated heterocycles. The first kappa shape index (κ1) is 17.9. The van der Waals surface area contributed by atoms with E-state index in [-0.39, 0.29) is 10.9 Å². The van der Waals surface area contributed by atoms with E-state index in [1.165, 1.54) is 18.2 Å². The molecule has 3 rings (SSSR count). The molecule has 134 valence electrons. The number of nitrogens with one attached hydrogen (secondary N) is 1. The third-order valence-corrected chi connectivity index (χ3v) is 4.38. The zero-order valence-corrected chi connectivity index (χ0v) is 14.0. The predicted octanol–water partition coefficient (Wildman–Crippen LogP) is 4.11. The first-order valence-corrected chi connectivity index (χ1v) is 7.92. The van der Waals surface area contributed by atoms with E-state index in [0.29, 0.717) is 12.1 Å². The van der Waals surface area contributed by atoms with Crippen molar-refractivity contribution in [2.45, 2.75) is 18.3 Å². The number of hydrogen-bond acceptors (Lipinski definition) is 2. The van der Waals surface area contributed by atoms with Crippen LogP contribution in [-0.4, -0.2) is 22.9 Å². The molecule has 2 N–H and O–H groups in total. The Morgan fingerprint density at radius 1 is 1.15 bits per heavy atom. The van der Waals surface area contributed by atoms with Crippen LogP contribution in [-0.2, 0) is 12.1 Å². The maximum absolute atomic E-state index is 13.5. The molecule has 3 aromatic rings. The maximum Gasteiger partial charge on any atom is 0.433 e. The van der Waals surface area contributed by atoms with Gasteiger partial charge in [0.05, 0.1) is 5.52 Å². The lowest BCUT2D eigenvalue weighted by Gasteiger charge is -2.24. The van der Waals surface area contributed by atoms with Crippen molar-refractivity contribution in [3.8, 4) is 12.3 Å². The molecule has 26 heavy (non-hydrogen) atoms. The number of halogens is 3. The van der Waals surface area contributed by atoms with E-state index < -0.39 is 11.8 Å². The second-order valence-corrected chi connectivity index (χ2v) is 5.99. The summed E-state index contributed by atoms with van der Waals surface area (Å²) in [6.45, 7) is 0.350. The molecule has 0 aliphatic rings. The van der Waals surface area contributed by atoms with Crippen molar-refractivity contribution in [2.75, 3.05) is 12.4 Å². The third kappa shape index (κ3) is 2.91. The first-order chi connectivity index (χ1) is 12.3. The van der Waals surface area contributed by atoms with Gasteiger partial charge >= 0.3 is 6.18 Å². The number of fused-ring (bicyclic) bond motifs is 1. The van der Waals surface area contributed by atoms with Crippen LogP contribution in [0.2, 0.25) is 0 Å². The molecule has 0 radical (unpaired) electrons. The summed E-state index contributed by atoms with van der Waals surface area (Å²) >= 11 is 0. The van der Waals surface area contributed by atoms with Gasteiger partial charge in [-0.1, -0.05) is 42.3 Å². The number of terminal acetylenes is 1. The summed E-state index contributed by atoms with van der Waals surface area (Å²) < 4.78 is 42.1. The number of alkyl halides is 3. The summed E-state index contributed by atoms with van der Waals surface area (Å²) in [6.07, 6.45) is 1.38. The highest BCUT2D eigenvalue weighted by atomic mass is 19.4. The smallest absolute Gasteiger partial charge is 0.388 e. The standard InChI is InChI=1S/C20H17F3N2O/c1-3-19(26,20(21,22)23)17-13-25(12-14-7-5-4-6-8-14)18-11-15(24-2)9-10-16(17)18/h1,4-11,13,24,26H,12H2,2H3. The van der Waals surface area contributed by atoms with Crippen molar-refractivity contribution >= 4 is 16.6 Å². The molecular weight excluding hydrogens is 341 g/mol. The molecule has 0 amide bonds. The molecular formula is C20H17F3N2O. The Labute approximate surface area is 149 Å². The molecule has 0 aliphatic carbocycles. The Bertz CT molecular complexity index is 970. The van der Waals surface area contributed by atoms with Crippen molar-refractivity contribution < 1.29 is 18.3 Å². The van der Waals surface area contributed by atoms with E-state index in [0.717, 1.165) is 11.3 Å². The Morgan fingerprint density at radius 2 is 1.85 bits per heavy atom. The van der Waals surface area contributed by atoms with Crippen LogP contribution in [0.3, 0.4) is 0 Å². The lowest BCUT2D eigenvalue weighted by atomic mass is 9.93. The van der Waals surface area contributed by atoms with Gasteiger partial charge in [-0.15, -0.1) is 6.42 Å². The highest BCUT2D eigenvalue weighted by Gasteiger charge is 2.55. The maximum atomic E-state index is 13.5. The largest absolute Gasteiger partial charge is 0.433 e. The predicted molar refractivity (Wildman–Crippen MR) is 95.8 cm³/mol. The Kier molecular flexibility index (Phi) is 4.43. The van der Waals surface area contributed by atoms with Gasteiger partial charge in [-0.25, -0.2) is 0 Å². The van der Waals surface area contributed by atoms with Crippen molar-refractivity contribution in [3.05, 3.63) is 65.9 Å². The van der Waals surface area contributed by atoms with Crippen molar-refractivity contribution in [3.63, 3.8) is 0 Å². The first-order valence-electron chi connectivity index (χ1n) is 7.92. The molecule has 0 aliphatic heterocycles. The number of aliphatic hydroxyl groups is 1. The van der Waals surface area contributed by atoms with E-state index >= 15 is 0 Å². The molecule has 2 aromatic carbocycles. The lowest BCUT2D eigenvalue weighted by Crippen LogP contribution is -2.40. The SMILES string of the molecule is C#CC(O)(c1cn(Cc2ccccc2)c2cc(NC)ccc12)C(F)(F)F. The van der Waals surface area contributed by atoms with Gasteiger partial charge in [0.2, 0.25) is 5.60 Å². The van der Waals surface area contributed by atoms with Crippen LogP contribution in [0, 0.1) is 12.3 Å². The molecule has 1 aromatic heterocycles. The van der Waals surface area contributed by atoms with Gasteiger partial charge in [-0.2, -0.15) is 13.2 Å². The van der Waals surface area contributed by atoms with Gasteiger partial charge < -0.3 is 15.0 Å². The number of aromatic nitrogens is 1. The number of anilines is 1. The fourth-order valence-corrected chi connectivity index (χ4v) is 2.96. The van der Waals surface area contributed by atoms with Crippen LogP contribution in [0.1, 0.15) is 11.1 Å². The third-order valence-electron chi connectivity index (χ3n) is 4.38. The summed E-state index contributed by atoms with van der Waals surface area (Å²) in [5.41, 5.74) is -1.49. The van der Waals surface area contributed by atoms with E-state index in [1.54, 1.807) is 23.7 Å². The van der Waals surface area contributed by atoms with Gasteiger partial charge in [0.25, 0.3) is 0 Å². The van der Waals surface area contributed by atoms with Gasteiger partial charge in [-0.3, -0.25) is 0 Å². The van der Waals surface area contributed by atoms with Crippen molar-refractivity contribution in [1.82, 2.24) is 4.57 Å². The zero-order chi connectivity index (χ0) is 18.9. The molecule has 1 heterocycles. The number of hydrogen-bond donors (Lipinski definition) is 2.